The molecule has 0 bridgehead atoms. The van der Waals surface area contributed by atoms with E-state index in [1.165, 1.54) is 0 Å². The Morgan fingerprint density at radius 1 is 1.00 bits per heavy atom. The molecule has 1 aliphatic rings. The molecular weight excluding hydrogens is 447 g/mol. The summed E-state index contributed by atoms with van der Waals surface area (Å²) in [5.41, 5.74) is -5.05. The molecule has 1 aliphatic heterocycles. The molecule has 3 rings (SSSR count). The van der Waals surface area contributed by atoms with E-state index in [9.17, 15) is 21.6 Å². The molecule has 1 unspecified atom stereocenters. The highest BCUT2D eigenvalue weighted by Crippen LogP contribution is 2.49. The maximum absolute atomic E-state index is 13.2. The highest BCUT2D eigenvalue weighted by atomic mass is 32.2. The van der Waals surface area contributed by atoms with Crippen LogP contribution in [0.1, 0.15) is 37.9 Å². The van der Waals surface area contributed by atoms with Crippen molar-refractivity contribution in [1.82, 2.24) is 5.06 Å². The molecule has 10 heteroatoms. The van der Waals surface area contributed by atoms with E-state index in [4.69, 9.17) is 9.02 Å². The first kappa shape index (κ1) is 23.6. The molecule has 0 aromatic heterocycles. The van der Waals surface area contributed by atoms with Crippen molar-refractivity contribution >= 4 is 23.4 Å². The first-order chi connectivity index (χ1) is 14.0. The first-order valence-electron chi connectivity index (χ1n) is 9.74. The van der Waals surface area contributed by atoms with Gasteiger partial charge in [0.1, 0.15) is 6.04 Å². The molecule has 2 aromatic carbocycles. The van der Waals surface area contributed by atoms with Crippen LogP contribution in [0, 0.1) is 0 Å². The van der Waals surface area contributed by atoms with Crippen LogP contribution in [0.25, 0.3) is 0 Å². The minimum atomic E-state index is -5.87. The van der Waals surface area contributed by atoms with E-state index in [2.05, 4.69) is 0 Å². The minimum Gasteiger partial charge on any atom is -0.404 e. The SMILES string of the molecule is CC(C)(C)N1Oc2ccc([Si](C)(C)C)c(OS(=O)(=O)C(F)(F)F)c2C1c1ccccc1. The van der Waals surface area contributed by atoms with Gasteiger partial charge >= 0.3 is 15.6 Å². The number of hydroxylamine groups is 2. The third-order valence-corrected chi connectivity index (χ3v) is 7.88. The lowest BCUT2D eigenvalue weighted by Gasteiger charge is -2.35. The molecule has 170 valence electrons. The topological polar surface area (TPSA) is 55.8 Å². The number of hydrogen-bond donors (Lipinski definition) is 0. The third kappa shape index (κ3) is 4.46. The fourth-order valence-corrected chi connectivity index (χ4v) is 5.51. The molecule has 31 heavy (non-hydrogen) atoms. The Kier molecular flexibility index (Phi) is 5.73. The van der Waals surface area contributed by atoms with Crippen LogP contribution < -0.4 is 14.2 Å². The Labute approximate surface area is 181 Å². The number of fused-ring (bicyclic) bond motifs is 1. The normalized spacial score (nSPS) is 17.9. The van der Waals surface area contributed by atoms with Crippen molar-refractivity contribution in [1.29, 1.82) is 0 Å². The number of rotatable bonds is 4. The smallest absolute Gasteiger partial charge is 0.404 e. The van der Waals surface area contributed by atoms with E-state index >= 15 is 0 Å². The van der Waals surface area contributed by atoms with Gasteiger partial charge in [-0.25, -0.2) is 0 Å². The van der Waals surface area contributed by atoms with Gasteiger partial charge in [0, 0.05) is 5.54 Å². The van der Waals surface area contributed by atoms with E-state index in [0.717, 1.165) is 5.56 Å². The molecular formula is C21H26F3NO4SSi. The van der Waals surface area contributed by atoms with Gasteiger partial charge in [0.2, 0.25) is 0 Å². The molecule has 0 radical (unpaired) electrons. The van der Waals surface area contributed by atoms with Crippen molar-refractivity contribution < 1.29 is 30.6 Å². The average molecular weight is 474 g/mol. The fraction of sp³-hybridized carbons (Fsp3) is 0.429. The summed E-state index contributed by atoms with van der Waals surface area (Å²) in [6.07, 6.45) is 0. The molecule has 0 spiro atoms. The van der Waals surface area contributed by atoms with Gasteiger partial charge in [-0.15, -0.1) is 5.06 Å². The van der Waals surface area contributed by atoms with E-state index in [1.807, 2.05) is 70.7 Å². The van der Waals surface area contributed by atoms with Gasteiger partial charge in [0.15, 0.2) is 11.5 Å². The number of alkyl halides is 3. The molecule has 0 amide bonds. The minimum absolute atomic E-state index is 0.276. The van der Waals surface area contributed by atoms with Crippen molar-refractivity contribution in [2.45, 2.75) is 57.5 Å². The van der Waals surface area contributed by atoms with Crippen molar-refractivity contribution in [3.05, 3.63) is 53.6 Å². The summed E-state index contributed by atoms with van der Waals surface area (Å²) in [6.45, 7) is 11.5. The van der Waals surface area contributed by atoms with Crippen molar-refractivity contribution in [3.63, 3.8) is 0 Å². The second-order valence-electron chi connectivity index (χ2n) is 9.49. The molecule has 2 aromatic rings. The fourth-order valence-electron chi connectivity index (χ4n) is 3.49. The van der Waals surface area contributed by atoms with Gasteiger partial charge in [0.25, 0.3) is 0 Å². The van der Waals surface area contributed by atoms with Crippen LogP contribution in [0.4, 0.5) is 13.2 Å². The predicted octanol–water partition coefficient (Wildman–Crippen LogP) is 4.96. The molecule has 5 nitrogen and oxygen atoms in total. The lowest BCUT2D eigenvalue weighted by atomic mass is 9.94. The Hall–Kier alpha value is -2.04. The van der Waals surface area contributed by atoms with Gasteiger partial charge in [0.05, 0.1) is 13.6 Å². The average Bonchev–Trinajstić information content (AvgIpc) is 3.01. The number of hydrogen-bond acceptors (Lipinski definition) is 5. The highest BCUT2D eigenvalue weighted by Gasteiger charge is 2.51. The summed E-state index contributed by atoms with van der Waals surface area (Å²) in [5, 5.41) is 2.13. The number of halogens is 3. The summed E-state index contributed by atoms with van der Waals surface area (Å²) in [4.78, 5) is 6.04. The maximum Gasteiger partial charge on any atom is 0.534 e. The molecule has 1 atom stereocenters. The standard InChI is InChI=1S/C21H26F3NO4SSi/c1-20(2,3)25-18(14-10-8-7-9-11-14)17-15(28-25)12-13-16(31(4,5)6)19(17)29-30(26,27)21(22,23)24/h7-13,18H,1-6H3. The second-order valence-corrected chi connectivity index (χ2v) is 16.1. The quantitative estimate of drug-likeness (QED) is 0.357. The van der Waals surface area contributed by atoms with Gasteiger partial charge in [-0.1, -0.05) is 56.0 Å². The third-order valence-electron chi connectivity index (χ3n) is 4.92. The Balaban J connectivity index is 2.33. The predicted molar refractivity (Wildman–Crippen MR) is 116 cm³/mol. The molecule has 0 N–H and O–H groups in total. The maximum atomic E-state index is 13.2. The summed E-state index contributed by atoms with van der Waals surface area (Å²) in [5.74, 6) is -0.00672. The number of benzene rings is 2. The zero-order chi connectivity index (χ0) is 23.4. The van der Waals surface area contributed by atoms with Gasteiger partial charge in [-0.3, -0.25) is 0 Å². The summed E-state index contributed by atoms with van der Waals surface area (Å²) >= 11 is 0. The van der Waals surface area contributed by atoms with Gasteiger partial charge in [-0.2, -0.15) is 21.6 Å². The van der Waals surface area contributed by atoms with Crippen molar-refractivity contribution in [2.24, 2.45) is 0 Å². The largest absolute Gasteiger partial charge is 0.534 e. The Morgan fingerprint density at radius 3 is 2.06 bits per heavy atom. The molecule has 0 fully saturated rings. The van der Waals surface area contributed by atoms with Crippen molar-refractivity contribution in [2.75, 3.05) is 0 Å². The zero-order valence-corrected chi connectivity index (χ0v) is 20.1. The zero-order valence-electron chi connectivity index (χ0n) is 18.2. The second kappa shape index (κ2) is 7.53. The van der Waals surface area contributed by atoms with Crippen LogP contribution >= 0.6 is 0 Å². The van der Waals surface area contributed by atoms with Crippen LogP contribution in [-0.2, 0) is 10.1 Å². The van der Waals surface area contributed by atoms with E-state index < -0.39 is 35.3 Å². The lowest BCUT2D eigenvalue weighted by Crippen LogP contribution is -2.43. The summed E-state index contributed by atoms with van der Waals surface area (Å²) in [6, 6.07) is 11.7. The summed E-state index contributed by atoms with van der Waals surface area (Å²) in [7, 11) is -8.17. The van der Waals surface area contributed by atoms with E-state index in [0.29, 0.717) is 5.19 Å². The molecule has 0 saturated carbocycles. The first-order valence-corrected chi connectivity index (χ1v) is 14.7. The van der Waals surface area contributed by atoms with Crippen LogP contribution in [-0.4, -0.2) is 32.6 Å². The molecule has 0 aliphatic carbocycles. The highest BCUT2D eigenvalue weighted by molar-refractivity contribution is 7.88. The van der Waals surface area contributed by atoms with Crippen LogP contribution in [0.3, 0.4) is 0 Å². The van der Waals surface area contributed by atoms with Crippen LogP contribution in [0.15, 0.2) is 42.5 Å². The van der Waals surface area contributed by atoms with Gasteiger partial charge in [-0.05, 0) is 37.6 Å². The molecule has 1 heterocycles. The van der Waals surface area contributed by atoms with Crippen LogP contribution in [0.5, 0.6) is 11.5 Å². The van der Waals surface area contributed by atoms with E-state index in [-0.39, 0.29) is 17.1 Å². The number of nitrogens with zero attached hydrogens (tertiary/aromatic N) is 1. The monoisotopic (exact) mass is 473 g/mol. The Bertz CT molecular complexity index is 1070. The van der Waals surface area contributed by atoms with Crippen LogP contribution in [0.2, 0.25) is 19.6 Å². The molecule has 0 saturated heterocycles. The van der Waals surface area contributed by atoms with Crippen molar-refractivity contribution in [3.8, 4) is 11.5 Å². The van der Waals surface area contributed by atoms with E-state index in [1.54, 1.807) is 17.2 Å². The Morgan fingerprint density at radius 2 is 1.58 bits per heavy atom. The van der Waals surface area contributed by atoms with Gasteiger partial charge < -0.3 is 9.02 Å². The summed E-state index contributed by atoms with van der Waals surface area (Å²) < 4.78 is 68.7. The lowest BCUT2D eigenvalue weighted by molar-refractivity contribution is -0.128.